The number of benzene rings is 4. The van der Waals surface area contributed by atoms with Crippen LogP contribution >= 0.6 is 15.9 Å². The van der Waals surface area contributed by atoms with E-state index in [9.17, 15) is 0 Å². The van der Waals surface area contributed by atoms with E-state index >= 15 is 0 Å². The van der Waals surface area contributed by atoms with Crippen LogP contribution in [0, 0.1) is 0 Å². The van der Waals surface area contributed by atoms with Crippen LogP contribution < -0.4 is 0 Å². The van der Waals surface area contributed by atoms with Crippen molar-refractivity contribution in [1.29, 1.82) is 0 Å². The summed E-state index contributed by atoms with van der Waals surface area (Å²) in [7, 11) is 0. The van der Waals surface area contributed by atoms with Crippen LogP contribution in [0.2, 0.25) is 0 Å². The van der Waals surface area contributed by atoms with Gasteiger partial charge in [-0.15, -0.1) is 0 Å². The molecule has 0 amide bonds. The molecule has 2 heterocycles. The minimum absolute atomic E-state index is 0.810. The summed E-state index contributed by atoms with van der Waals surface area (Å²) in [4.78, 5) is 0. The molecule has 0 N–H and O–H groups in total. The maximum atomic E-state index is 6.21. The Kier molecular flexibility index (Phi) is 3.06. The van der Waals surface area contributed by atoms with Crippen LogP contribution in [0.15, 0.2) is 92.2 Å². The molecular weight excluding hydrogens is 400 g/mol. The molecule has 0 aliphatic carbocycles. The number of para-hydroxylation sites is 1. The number of halogens is 1. The van der Waals surface area contributed by atoms with Gasteiger partial charge in [0.05, 0.1) is 0 Å². The van der Waals surface area contributed by atoms with E-state index in [0.717, 1.165) is 53.9 Å². The second-order valence-corrected chi connectivity index (χ2v) is 7.66. The Morgan fingerprint density at radius 1 is 0.519 bits per heavy atom. The first-order valence-corrected chi connectivity index (χ1v) is 9.60. The van der Waals surface area contributed by atoms with Gasteiger partial charge >= 0.3 is 0 Å². The summed E-state index contributed by atoms with van der Waals surface area (Å²) >= 11 is 3.55. The van der Waals surface area contributed by atoms with Crippen LogP contribution in [0.4, 0.5) is 0 Å². The summed E-state index contributed by atoms with van der Waals surface area (Å²) in [5.74, 6) is 0. The molecule has 0 radical (unpaired) electrons. The van der Waals surface area contributed by atoms with Crippen LogP contribution in [0.5, 0.6) is 0 Å². The summed E-state index contributed by atoms with van der Waals surface area (Å²) in [5, 5.41) is 4.38. The molecule has 0 saturated carbocycles. The van der Waals surface area contributed by atoms with Gasteiger partial charge in [-0.05, 0) is 53.6 Å². The van der Waals surface area contributed by atoms with Gasteiger partial charge in [0.25, 0.3) is 0 Å². The molecule has 0 unspecified atom stereocenters. The molecule has 0 aliphatic rings. The summed E-state index contributed by atoms with van der Waals surface area (Å²) < 4.78 is 13.4. The van der Waals surface area contributed by atoms with Crippen LogP contribution in [-0.2, 0) is 0 Å². The lowest BCUT2D eigenvalue weighted by Crippen LogP contribution is -1.77. The number of furan rings is 2. The zero-order chi connectivity index (χ0) is 18.0. The molecule has 0 saturated heterocycles. The Morgan fingerprint density at radius 2 is 1.22 bits per heavy atom. The van der Waals surface area contributed by atoms with Gasteiger partial charge in [-0.2, -0.15) is 0 Å². The van der Waals surface area contributed by atoms with E-state index in [4.69, 9.17) is 8.83 Å². The van der Waals surface area contributed by atoms with Crippen molar-refractivity contribution in [2.75, 3.05) is 0 Å². The van der Waals surface area contributed by atoms with Gasteiger partial charge in [0.15, 0.2) is 11.2 Å². The SMILES string of the molecule is Brc1cccc(-c2ccc3oc4c(ccc5c6ccccc6oc54)c3c2)c1. The molecule has 0 aliphatic heterocycles. The summed E-state index contributed by atoms with van der Waals surface area (Å²) in [5.41, 5.74) is 5.72. The van der Waals surface area contributed by atoms with Crippen molar-refractivity contribution < 1.29 is 8.83 Å². The minimum atomic E-state index is 0.810. The van der Waals surface area contributed by atoms with Crippen LogP contribution in [0.1, 0.15) is 0 Å². The largest absolute Gasteiger partial charge is 0.452 e. The molecule has 4 aromatic carbocycles. The van der Waals surface area contributed by atoms with E-state index in [1.54, 1.807) is 0 Å². The lowest BCUT2D eigenvalue weighted by Gasteiger charge is -2.02. The highest BCUT2D eigenvalue weighted by molar-refractivity contribution is 9.10. The third-order valence-electron chi connectivity index (χ3n) is 5.14. The number of hydrogen-bond donors (Lipinski definition) is 0. The molecule has 0 spiro atoms. The Morgan fingerprint density at radius 3 is 2.04 bits per heavy atom. The smallest absolute Gasteiger partial charge is 0.178 e. The van der Waals surface area contributed by atoms with Crippen LogP contribution in [0.25, 0.3) is 55.0 Å². The molecule has 0 atom stereocenters. The first-order valence-electron chi connectivity index (χ1n) is 8.80. The first-order chi connectivity index (χ1) is 13.3. The molecule has 2 aromatic heterocycles. The number of fused-ring (bicyclic) bond motifs is 7. The Bertz CT molecular complexity index is 1490. The van der Waals surface area contributed by atoms with Gasteiger partial charge in [-0.3, -0.25) is 0 Å². The molecule has 0 bridgehead atoms. The lowest BCUT2D eigenvalue weighted by atomic mass is 10.0. The maximum Gasteiger partial charge on any atom is 0.178 e. The summed E-state index contributed by atoms with van der Waals surface area (Å²) in [6.07, 6.45) is 0. The normalized spacial score (nSPS) is 11.9. The van der Waals surface area contributed by atoms with E-state index in [-0.39, 0.29) is 0 Å². The quantitative estimate of drug-likeness (QED) is 0.274. The standard InChI is InChI=1S/C24H13BrO2/c25-16-5-3-4-14(12-16)15-8-11-22-20(13-15)19-10-9-18-17-6-1-2-7-21(17)26-23(18)24(19)27-22/h1-13H. The Hall–Kier alpha value is -3.04. The molecule has 3 heteroatoms. The summed E-state index contributed by atoms with van der Waals surface area (Å²) in [6.45, 7) is 0. The van der Waals surface area contributed by atoms with Crippen LogP contribution in [-0.4, -0.2) is 0 Å². The summed E-state index contributed by atoms with van der Waals surface area (Å²) in [6, 6.07) is 27.0. The fourth-order valence-corrected chi connectivity index (χ4v) is 4.26. The van der Waals surface area contributed by atoms with Gasteiger partial charge < -0.3 is 8.83 Å². The highest BCUT2D eigenvalue weighted by Gasteiger charge is 2.16. The molecule has 6 aromatic rings. The molecule has 27 heavy (non-hydrogen) atoms. The van der Waals surface area contributed by atoms with E-state index in [0.29, 0.717) is 0 Å². The van der Waals surface area contributed by atoms with Gasteiger partial charge in [0.1, 0.15) is 11.2 Å². The lowest BCUT2D eigenvalue weighted by molar-refractivity contribution is 0.633. The molecule has 2 nitrogen and oxygen atoms in total. The average molecular weight is 413 g/mol. The zero-order valence-electron chi connectivity index (χ0n) is 14.2. The van der Waals surface area contributed by atoms with Gasteiger partial charge in [-0.1, -0.05) is 52.3 Å². The van der Waals surface area contributed by atoms with Crippen molar-refractivity contribution in [2.45, 2.75) is 0 Å². The molecule has 0 fully saturated rings. The predicted molar refractivity (Wildman–Crippen MR) is 114 cm³/mol. The third-order valence-corrected chi connectivity index (χ3v) is 5.63. The predicted octanol–water partition coefficient (Wildman–Crippen LogP) is 7.91. The van der Waals surface area contributed by atoms with Crippen molar-refractivity contribution in [3.63, 3.8) is 0 Å². The van der Waals surface area contributed by atoms with E-state index in [1.165, 1.54) is 5.56 Å². The maximum absolute atomic E-state index is 6.21. The minimum Gasteiger partial charge on any atom is -0.452 e. The van der Waals surface area contributed by atoms with Crippen molar-refractivity contribution in [3.8, 4) is 11.1 Å². The molecule has 6 rings (SSSR count). The van der Waals surface area contributed by atoms with E-state index in [2.05, 4.69) is 64.5 Å². The van der Waals surface area contributed by atoms with Gasteiger partial charge in [-0.25, -0.2) is 0 Å². The highest BCUT2D eigenvalue weighted by Crippen LogP contribution is 2.39. The van der Waals surface area contributed by atoms with Gasteiger partial charge in [0.2, 0.25) is 0 Å². The fourth-order valence-electron chi connectivity index (χ4n) is 3.86. The monoisotopic (exact) mass is 412 g/mol. The Balaban J connectivity index is 1.68. The van der Waals surface area contributed by atoms with Crippen molar-refractivity contribution >= 4 is 59.8 Å². The van der Waals surface area contributed by atoms with E-state index in [1.807, 2.05) is 30.3 Å². The molecule has 128 valence electrons. The third kappa shape index (κ3) is 2.18. The average Bonchev–Trinajstić information content (AvgIpc) is 3.25. The second-order valence-electron chi connectivity index (χ2n) is 6.74. The van der Waals surface area contributed by atoms with Crippen molar-refractivity contribution in [3.05, 3.63) is 83.3 Å². The topological polar surface area (TPSA) is 26.3 Å². The van der Waals surface area contributed by atoms with Crippen molar-refractivity contribution in [1.82, 2.24) is 0 Å². The fraction of sp³-hybridized carbons (Fsp3) is 0. The van der Waals surface area contributed by atoms with Crippen LogP contribution in [0.3, 0.4) is 0 Å². The Labute approximate surface area is 163 Å². The van der Waals surface area contributed by atoms with Gasteiger partial charge in [0, 0.05) is 26.0 Å². The first kappa shape index (κ1) is 15.1. The van der Waals surface area contributed by atoms with E-state index < -0.39 is 0 Å². The number of hydrogen-bond acceptors (Lipinski definition) is 2. The zero-order valence-corrected chi connectivity index (χ0v) is 15.8. The highest BCUT2D eigenvalue weighted by atomic mass is 79.9. The molecular formula is C24H13BrO2. The number of rotatable bonds is 1. The second kappa shape index (κ2) is 5.48. The van der Waals surface area contributed by atoms with Crippen molar-refractivity contribution in [2.24, 2.45) is 0 Å².